The molecule has 0 aliphatic heterocycles. The Labute approximate surface area is 421 Å². The predicted molar refractivity (Wildman–Crippen MR) is 251 cm³/mol. The summed E-state index contributed by atoms with van der Waals surface area (Å²) in [6.07, 6.45) is 9.43. The lowest BCUT2D eigenvalue weighted by Gasteiger charge is -2.06. The van der Waals surface area contributed by atoms with Crippen molar-refractivity contribution in [3.05, 3.63) is 263 Å². The van der Waals surface area contributed by atoms with Gasteiger partial charge in [0, 0.05) is 11.6 Å². The van der Waals surface area contributed by atoms with Crippen molar-refractivity contribution in [3.8, 4) is 0 Å². The second-order valence-corrected chi connectivity index (χ2v) is 12.9. The third kappa shape index (κ3) is 25.1. The minimum absolute atomic E-state index is 0.178. The van der Waals surface area contributed by atoms with Gasteiger partial charge in [-0.05, 0) is 36.5 Å². The van der Waals surface area contributed by atoms with E-state index in [-0.39, 0.29) is 30.9 Å². The third-order valence-corrected chi connectivity index (χ3v) is 8.15. The molecule has 0 aliphatic rings. The average Bonchev–Trinajstić information content (AvgIpc) is 3.40. The minimum Gasteiger partial charge on any atom is -0.294 e. The molecule has 0 heterocycles. The van der Waals surface area contributed by atoms with Crippen LogP contribution in [0.25, 0.3) is 24.3 Å². The number of halogens is 13. The van der Waals surface area contributed by atoms with Crippen LogP contribution < -0.4 is 0 Å². The van der Waals surface area contributed by atoms with E-state index in [9.17, 15) is 61.9 Å². The van der Waals surface area contributed by atoms with E-state index < -0.39 is 104 Å². The van der Waals surface area contributed by atoms with Crippen LogP contribution in [0.1, 0.15) is 50.7 Å². The Morgan fingerprint density at radius 3 is 0.933 bits per heavy atom. The molecule has 0 radical (unpaired) electrons. The maximum absolute atomic E-state index is 13.1. The maximum atomic E-state index is 13.1. The van der Waals surface area contributed by atoms with E-state index in [4.69, 9.17) is 28.8 Å². The Hall–Kier alpha value is -9.34. The van der Waals surface area contributed by atoms with E-state index in [0.29, 0.717) is 12.2 Å². The molecule has 394 valence electrons. The van der Waals surface area contributed by atoms with Crippen molar-refractivity contribution in [3.63, 3.8) is 0 Å². The first-order valence-electron chi connectivity index (χ1n) is 20.1. The van der Waals surface area contributed by atoms with Gasteiger partial charge in [-0.15, -0.1) is 13.2 Å². The lowest BCUT2D eigenvalue weighted by Crippen LogP contribution is -2.09. The number of ketones is 1. The molecule has 6 aromatic carbocycles. The number of carbonyl (C=O) groups is 1. The van der Waals surface area contributed by atoms with Crippen LogP contribution in [0.3, 0.4) is 0 Å². The SMILES string of the molecule is C=CCc1c(F)c(F)cc(F)c1F.C=CCc1ccccc1.C=Cc1c(F)c(F)c(C(C)=O)c(F)c1F.C=Cc1c(F)c(F)c(F)c(F)c1F.C=Cc1ccccc1.C=Cc1ccccc1.O=C=O.O=C=O.O=C=O. The zero-order valence-electron chi connectivity index (χ0n) is 39.1. The van der Waals surface area contributed by atoms with E-state index in [1.807, 2.05) is 97.1 Å². The summed E-state index contributed by atoms with van der Waals surface area (Å²) in [5.74, 6) is -23.1. The van der Waals surface area contributed by atoms with Gasteiger partial charge in [0.2, 0.25) is 5.82 Å². The fraction of sp³-hybridized carbons (Fsp3) is 0.0545. The van der Waals surface area contributed by atoms with Crippen LogP contribution in [0.4, 0.5) is 57.1 Å². The highest BCUT2D eigenvalue weighted by Crippen LogP contribution is 2.26. The van der Waals surface area contributed by atoms with Crippen molar-refractivity contribution in [2.45, 2.75) is 19.8 Å². The van der Waals surface area contributed by atoms with Crippen LogP contribution in [0.2, 0.25) is 0 Å². The first-order valence-corrected chi connectivity index (χ1v) is 20.1. The van der Waals surface area contributed by atoms with Crippen molar-refractivity contribution >= 4 is 48.5 Å². The molecule has 0 saturated heterocycles. The van der Waals surface area contributed by atoms with Crippen LogP contribution >= 0.6 is 0 Å². The lowest BCUT2D eigenvalue weighted by molar-refractivity contribution is -0.193. The first-order chi connectivity index (χ1) is 35.5. The number of hydrogen-bond acceptors (Lipinski definition) is 7. The summed E-state index contributed by atoms with van der Waals surface area (Å²) in [5, 5.41) is 0. The molecule has 6 aromatic rings. The molecule has 7 nitrogen and oxygen atoms in total. The lowest BCUT2D eigenvalue weighted by atomic mass is 10.1. The molecule has 0 atom stereocenters. The quantitative estimate of drug-likeness (QED) is 0.0465. The average molecular weight is 1060 g/mol. The topological polar surface area (TPSA) is 119 Å². The van der Waals surface area contributed by atoms with E-state index in [1.54, 1.807) is 0 Å². The van der Waals surface area contributed by atoms with Gasteiger partial charge in [0.1, 0.15) is 0 Å². The van der Waals surface area contributed by atoms with Gasteiger partial charge in [-0.25, -0.2) is 57.1 Å². The molecule has 0 bridgehead atoms. The van der Waals surface area contributed by atoms with Crippen LogP contribution in [0.15, 0.2) is 149 Å². The molecule has 0 spiro atoms. The summed E-state index contributed by atoms with van der Waals surface area (Å²) in [7, 11) is 0. The fourth-order valence-corrected chi connectivity index (χ4v) is 4.84. The largest absolute Gasteiger partial charge is 0.373 e. The molecule has 0 unspecified atom stereocenters. The fourth-order valence-electron chi connectivity index (χ4n) is 4.84. The van der Waals surface area contributed by atoms with Gasteiger partial charge in [-0.2, -0.15) is 28.8 Å². The van der Waals surface area contributed by atoms with Crippen LogP contribution in [-0.4, -0.2) is 24.2 Å². The first kappa shape index (κ1) is 69.9. The zero-order chi connectivity index (χ0) is 58.2. The smallest absolute Gasteiger partial charge is 0.294 e. The Morgan fingerprint density at radius 2 is 0.680 bits per heavy atom. The summed E-state index contributed by atoms with van der Waals surface area (Å²) in [6.45, 7) is 20.9. The van der Waals surface area contributed by atoms with Gasteiger partial charge >= 0.3 is 18.5 Å². The summed E-state index contributed by atoms with van der Waals surface area (Å²) in [4.78, 5) is 59.5. The van der Waals surface area contributed by atoms with Crippen LogP contribution in [0, 0.1) is 75.6 Å². The van der Waals surface area contributed by atoms with Gasteiger partial charge < -0.3 is 0 Å². The zero-order valence-corrected chi connectivity index (χ0v) is 39.1. The molecular formula is C55H41F13O7. The number of rotatable bonds is 9. The van der Waals surface area contributed by atoms with Crippen molar-refractivity contribution in [1.82, 2.24) is 0 Å². The number of hydrogen-bond donors (Lipinski definition) is 0. The van der Waals surface area contributed by atoms with Gasteiger partial charge in [0.25, 0.3) is 0 Å². The molecule has 6 rings (SSSR count). The molecular weight excluding hydrogens is 1020 g/mol. The molecule has 0 N–H and O–H groups in total. The van der Waals surface area contributed by atoms with Crippen LogP contribution in [-0.2, 0) is 41.6 Å². The summed E-state index contributed by atoms with van der Waals surface area (Å²) in [5.41, 5.74) is -0.109. The molecule has 0 fully saturated rings. The maximum Gasteiger partial charge on any atom is 0.373 e. The highest BCUT2D eigenvalue weighted by molar-refractivity contribution is 5.95. The Morgan fingerprint density at radius 1 is 0.400 bits per heavy atom. The van der Waals surface area contributed by atoms with E-state index in [0.717, 1.165) is 13.3 Å². The van der Waals surface area contributed by atoms with Crippen molar-refractivity contribution in [2.24, 2.45) is 0 Å². The number of Topliss-reactive ketones (excluding diaryl/α,β-unsaturated/α-hetero) is 1. The van der Waals surface area contributed by atoms with Crippen molar-refractivity contribution in [2.75, 3.05) is 0 Å². The minimum atomic E-state index is -2.17. The van der Waals surface area contributed by atoms with Gasteiger partial charge in [0.15, 0.2) is 75.6 Å². The Kier molecular flexibility index (Phi) is 37.5. The summed E-state index contributed by atoms with van der Waals surface area (Å²) >= 11 is 0. The van der Waals surface area contributed by atoms with E-state index in [1.165, 1.54) is 22.8 Å². The predicted octanol–water partition coefficient (Wildman–Crippen LogP) is 14.4. The number of allylic oxidation sites excluding steroid dienone is 2. The van der Waals surface area contributed by atoms with Crippen molar-refractivity contribution < 1.29 is 90.6 Å². The highest BCUT2D eigenvalue weighted by Gasteiger charge is 2.26. The van der Waals surface area contributed by atoms with E-state index >= 15 is 0 Å². The summed E-state index contributed by atoms with van der Waals surface area (Å²) < 4.78 is 165. The second-order valence-electron chi connectivity index (χ2n) is 12.9. The van der Waals surface area contributed by atoms with Gasteiger partial charge in [0.05, 0.1) is 16.7 Å². The molecule has 0 aliphatic carbocycles. The third-order valence-electron chi connectivity index (χ3n) is 8.15. The summed E-state index contributed by atoms with van der Waals surface area (Å²) in [6, 6.07) is 30.5. The molecule has 0 amide bonds. The molecule has 0 saturated carbocycles. The highest BCUT2D eigenvalue weighted by atomic mass is 19.2. The normalized spacial score (nSPS) is 8.77. The second kappa shape index (κ2) is 40.3. The number of carbonyl (C=O) groups excluding carboxylic acids is 7. The standard InChI is InChI=1S/C10H6F4O.C9H6F4.C9H10.C8H3F5.2C8H8.3CO2/c1-3-5-7(11)9(13)6(4(2)15)10(14)8(5)12;1-2-3-5-8(12)6(10)4-7(11)9(5)13;1-2-6-9-7-4-3-5-8-9;1-2-3-4(9)6(11)8(13)7(12)5(3)10;2*1-2-8-6-4-3-5-7-8;3*2-1-3/h3H,1H2,2H3;2,4H,1,3H2;2-5,7-8H,1,6H2;2H,1H2;2*2-7H,1H2;;;. The number of benzene rings is 6. The Bertz CT molecular complexity index is 2760. The van der Waals surface area contributed by atoms with E-state index in [2.05, 4.69) is 51.6 Å². The molecule has 20 heteroatoms. The molecule has 0 aromatic heterocycles. The van der Waals surface area contributed by atoms with Gasteiger partial charge in [-0.3, -0.25) is 4.79 Å². The van der Waals surface area contributed by atoms with Gasteiger partial charge in [-0.1, -0.05) is 154 Å². The van der Waals surface area contributed by atoms with Crippen molar-refractivity contribution in [1.29, 1.82) is 0 Å². The molecule has 75 heavy (non-hydrogen) atoms. The van der Waals surface area contributed by atoms with Crippen LogP contribution in [0.5, 0.6) is 0 Å². The monoisotopic (exact) mass is 1060 g/mol. The Balaban J connectivity index is -0.000000812.